The fraction of sp³-hybridized carbons (Fsp3) is 0.458. The zero-order valence-corrected chi connectivity index (χ0v) is 18.1. The minimum Gasteiger partial charge on any atom is -0.341 e. The van der Waals surface area contributed by atoms with Crippen LogP contribution in [0.15, 0.2) is 47.4 Å². The summed E-state index contributed by atoms with van der Waals surface area (Å²) in [4.78, 5) is 42.6. The number of hydrogen-bond donors (Lipinski definition) is 1. The third-order valence-corrected chi connectivity index (χ3v) is 6.26. The van der Waals surface area contributed by atoms with Gasteiger partial charge in [-0.15, -0.1) is 0 Å². The van der Waals surface area contributed by atoms with Crippen LogP contribution >= 0.6 is 0 Å². The maximum absolute atomic E-state index is 13.1. The van der Waals surface area contributed by atoms with Gasteiger partial charge in [0.25, 0.3) is 11.5 Å². The van der Waals surface area contributed by atoms with E-state index in [1.165, 1.54) is 53.9 Å². The lowest BCUT2D eigenvalue weighted by Gasteiger charge is -2.34. The Morgan fingerprint density at radius 3 is 2.53 bits per heavy atom. The van der Waals surface area contributed by atoms with Crippen molar-refractivity contribution in [3.63, 3.8) is 0 Å². The molecule has 0 spiro atoms. The summed E-state index contributed by atoms with van der Waals surface area (Å²) in [7, 11) is 0. The van der Waals surface area contributed by atoms with E-state index in [1.54, 1.807) is 6.07 Å². The Bertz CT molecular complexity index is 1010. The molecule has 2 amide bonds. The average Bonchev–Trinajstić information content (AvgIpc) is 3.30. The lowest BCUT2D eigenvalue weighted by Crippen LogP contribution is -2.45. The maximum Gasteiger partial charge on any atom is 0.263 e. The molecular formula is C24H29FN4O3. The first kappa shape index (κ1) is 22.2. The summed E-state index contributed by atoms with van der Waals surface area (Å²) in [5, 5.41) is 2.59. The molecule has 4 rings (SSSR count). The quantitative estimate of drug-likeness (QED) is 0.749. The van der Waals surface area contributed by atoms with Crippen molar-refractivity contribution in [2.24, 2.45) is 5.92 Å². The molecular weight excluding hydrogens is 411 g/mol. The first-order valence-electron chi connectivity index (χ1n) is 11.3. The van der Waals surface area contributed by atoms with E-state index in [0.717, 1.165) is 39.0 Å². The van der Waals surface area contributed by atoms with E-state index in [1.807, 2.05) is 4.90 Å². The lowest BCUT2D eigenvalue weighted by molar-refractivity contribution is -0.133. The summed E-state index contributed by atoms with van der Waals surface area (Å²) < 4.78 is 14.3. The van der Waals surface area contributed by atoms with Gasteiger partial charge in [-0.2, -0.15) is 0 Å². The summed E-state index contributed by atoms with van der Waals surface area (Å²) in [5.41, 5.74) is -0.194. The standard InChI is InChI=1S/C24H29FN4O3/c25-19-7-9-20(10-8-19)26-23(31)21-6-4-14-29(24(21)32)17-22(30)28-13-3-5-18(16-28)15-27-11-1-2-12-27/h4,6-10,14,18H,1-3,5,11-13,15-17H2,(H,26,31). The molecule has 2 aliphatic heterocycles. The Hall–Kier alpha value is -3.00. The minimum absolute atomic E-state index is 0.0600. The highest BCUT2D eigenvalue weighted by Gasteiger charge is 2.26. The van der Waals surface area contributed by atoms with Crippen LogP contribution in [0, 0.1) is 11.7 Å². The van der Waals surface area contributed by atoms with Crippen LogP contribution in [0.3, 0.4) is 0 Å². The van der Waals surface area contributed by atoms with Gasteiger partial charge < -0.3 is 19.7 Å². The molecule has 7 nitrogen and oxygen atoms in total. The summed E-state index contributed by atoms with van der Waals surface area (Å²) in [6, 6.07) is 8.32. The third kappa shape index (κ3) is 5.43. The van der Waals surface area contributed by atoms with E-state index in [4.69, 9.17) is 0 Å². The van der Waals surface area contributed by atoms with Gasteiger partial charge in [0, 0.05) is 31.5 Å². The number of amides is 2. The molecule has 1 aromatic heterocycles. The van der Waals surface area contributed by atoms with Gasteiger partial charge in [0.1, 0.15) is 17.9 Å². The zero-order valence-electron chi connectivity index (χ0n) is 18.1. The van der Waals surface area contributed by atoms with Crippen molar-refractivity contribution in [3.05, 3.63) is 64.3 Å². The van der Waals surface area contributed by atoms with Crippen molar-refractivity contribution < 1.29 is 14.0 Å². The molecule has 2 aromatic rings. The van der Waals surface area contributed by atoms with E-state index in [0.29, 0.717) is 18.2 Å². The molecule has 1 aromatic carbocycles. The number of halogens is 1. The monoisotopic (exact) mass is 440 g/mol. The molecule has 8 heteroatoms. The van der Waals surface area contributed by atoms with Gasteiger partial charge in [0.05, 0.1) is 0 Å². The van der Waals surface area contributed by atoms with E-state index in [-0.39, 0.29) is 18.0 Å². The molecule has 0 aliphatic carbocycles. The van der Waals surface area contributed by atoms with Gasteiger partial charge in [-0.1, -0.05) is 0 Å². The fourth-order valence-electron chi connectivity index (χ4n) is 4.58. The molecule has 170 valence electrons. The number of nitrogens with one attached hydrogen (secondary N) is 1. The second-order valence-corrected chi connectivity index (χ2v) is 8.67. The highest BCUT2D eigenvalue weighted by Crippen LogP contribution is 2.20. The largest absolute Gasteiger partial charge is 0.341 e. The predicted molar refractivity (Wildman–Crippen MR) is 120 cm³/mol. The van der Waals surface area contributed by atoms with Crippen LogP contribution in [-0.4, -0.2) is 58.9 Å². The van der Waals surface area contributed by atoms with E-state index >= 15 is 0 Å². The molecule has 32 heavy (non-hydrogen) atoms. The summed E-state index contributed by atoms with van der Waals surface area (Å²) in [6.45, 7) is 4.65. The third-order valence-electron chi connectivity index (χ3n) is 6.26. The van der Waals surface area contributed by atoms with Gasteiger partial charge >= 0.3 is 0 Å². The highest BCUT2D eigenvalue weighted by molar-refractivity contribution is 6.04. The molecule has 2 aliphatic rings. The van der Waals surface area contributed by atoms with Crippen LogP contribution < -0.4 is 10.9 Å². The Labute approximate surface area is 186 Å². The fourth-order valence-corrected chi connectivity index (χ4v) is 4.58. The molecule has 1 atom stereocenters. The number of likely N-dealkylation sites (tertiary alicyclic amines) is 2. The second-order valence-electron chi connectivity index (χ2n) is 8.67. The van der Waals surface area contributed by atoms with Gasteiger partial charge in [-0.25, -0.2) is 4.39 Å². The number of pyridine rings is 1. The van der Waals surface area contributed by atoms with Crippen molar-refractivity contribution in [2.75, 3.05) is 38.0 Å². The van der Waals surface area contributed by atoms with E-state index in [2.05, 4.69) is 10.2 Å². The van der Waals surface area contributed by atoms with Crippen molar-refractivity contribution in [3.8, 4) is 0 Å². The summed E-state index contributed by atoms with van der Waals surface area (Å²) in [5.74, 6) is -0.638. The molecule has 2 saturated heterocycles. The summed E-state index contributed by atoms with van der Waals surface area (Å²) >= 11 is 0. The Morgan fingerprint density at radius 2 is 1.78 bits per heavy atom. The van der Waals surface area contributed by atoms with Crippen LogP contribution in [-0.2, 0) is 11.3 Å². The minimum atomic E-state index is -0.591. The predicted octanol–water partition coefficient (Wildman–Crippen LogP) is 2.57. The van der Waals surface area contributed by atoms with Crippen molar-refractivity contribution in [1.82, 2.24) is 14.4 Å². The topological polar surface area (TPSA) is 74.7 Å². The molecule has 0 saturated carbocycles. The zero-order chi connectivity index (χ0) is 22.5. The number of carbonyl (C=O) groups is 2. The first-order valence-corrected chi connectivity index (χ1v) is 11.3. The van der Waals surface area contributed by atoms with Crippen molar-refractivity contribution >= 4 is 17.5 Å². The number of aromatic nitrogens is 1. The molecule has 2 fully saturated rings. The van der Waals surface area contributed by atoms with Crippen molar-refractivity contribution in [1.29, 1.82) is 0 Å². The van der Waals surface area contributed by atoms with Crippen LogP contribution in [0.1, 0.15) is 36.0 Å². The smallest absolute Gasteiger partial charge is 0.263 e. The van der Waals surface area contributed by atoms with Crippen LogP contribution in [0.5, 0.6) is 0 Å². The highest BCUT2D eigenvalue weighted by atomic mass is 19.1. The Kier molecular flexibility index (Phi) is 6.99. The Balaban J connectivity index is 1.39. The maximum atomic E-state index is 13.1. The van der Waals surface area contributed by atoms with Crippen LogP contribution in [0.4, 0.5) is 10.1 Å². The number of hydrogen-bond acceptors (Lipinski definition) is 4. The molecule has 0 bridgehead atoms. The first-order chi connectivity index (χ1) is 15.5. The lowest BCUT2D eigenvalue weighted by atomic mass is 9.97. The van der Waals surface area contributed by atoms with Gasteiger partial charge in [0.15, 0.2) is 0 Å². The van der Waals surface area contributed by atoms with E-state index < -0.39 is 17.3 Å². The SMILES string of the molecule is O=C(Nc1ccc(F)cc1)c1cccn(CC(=O)N2CCCC(CN3CCCC3)C2)c1=O. The normalized spacial score (nSPS) is 19.2. The van der Waals surface area contributed by atoms with Crippen LogP contribution in [0.25, 0.3) is 0 Å². The van der Waals surface area contributed by atoms with Gasteiger partial charge in [-0.05, 0) is 81.1 Å². The average molecular weight is 441 g/mol. The molecule has 0 radical (unpaired) electrons. The number of piperidine rings is 1. The van der Waals surface area contributed by atoms with Crippen LogP contribution in [0.2, 0.25) is 0 Å². The summed E-state index contributed by atoms with van der Waals surface area (Å²) in [6.07, 6.45) is 6.13. The second kappa shape index (κ2) is 10.1. The molecule has 3 heterocycles. The Morgan fingerprint density at radius 1 is 1.03 bits per heavy atom. The van der Waals surface area contributed by atoms with Gasteiger partial charge in [-0.3, -0.25) is 14.4 Å². The van der Waals surface area contributed by atoms with E-state index in [9.17, 15) is 18.8 Å². The number of benzene rings is 1. The number of carbonyl (C=O) groups excluding carboxylic acids is 2. The van der Waals surface area contributed by atoms with Gasteiger partial charge in [0.2, 0.25) is 5.91 Å². The molecule has 1 N–H and O–H groups in total. The number of rotatable bonds is 6. The number of anilines is 1. The molecule has 1 unspecified atom stereocenters. The number of nitrogens with zero attached hydrogens (tertiary/aromatic N) is 3. The van der Waals surface area contributed by atoms with Crippen molar-refractivity contribution in [2.45, 2.75) is 32.2 Å².